The third-order valence-corrected chi connectivity index (χ3v) is 13.9. The molecule has 0 aromatic heterocycles. The standard InChI is InChI=1S/C68H120O6/c1-4-7-10-13-16-19-22-25-28-31-34-37-40-43-46-49-52-55-58-61-67(70)73-64-65(63-72-66(69)60-57-54-51-48-45-42-39-36-33-30-27-24-21-18-15-12-9-6-3)74-68(71)62-59-56-53-50-47-44-41-38-35-32-29-26-23-20-17-14-11-8-5-2/h7,10,16,19,25-26,28-29,34,37,43,46,65H,4-6,8-9,11-15,17-18,20-24,27,30-33,35-36,38-42,44-45,47-64H2,1-3H3/b10-7-,19-16-,28-25-,29-26-,37-34-,46-43-. The van der Waals surface area contributed by atoms with E-state index >= 15 is 0 Å². The molecule has 0 heterocycles. The van der Waals surface area contributed by atoms with E-state index in [9.17, 15) is 14.4 Å². The molecule has 0 bridgehead atoms. The van der Waals surface area contributed by atoms with Crippen LogP contribution in [0.1, 0.15) is 323 Å². The van der Waals surface area contributed by atoms with Crippen LogP contribution in [0.15, 0.2) is 72.9 Å². The summed E-state index contributed by atoms with van der Waals surface area (Å²) < 4.78 is 16.9. The van der Waals surface area contributed by atoms with Crippen molar-refractivity contribution in [3.05, 3.63) is 72.9 Å². The molecule has 0 radical (unpaired) electrons. The molecule has 0 N–H and O–H groups in total. The summed E-state index contributed by atoms with van der Waals surface area (Å²) in [6, 6.07) is 0. The summed E-state index contributed by atoms with van der Waals surface area (Å²) in [7, 11) is 0. The van der Waals surface area contributed by atoms with E-state index in [0.717, 1.165) is 96.3 Å². The van der Waals surface area contributed by atoms with Gasteiger partial charge in [0.2, 0.25) is 0 Å². The van der Waals surface area contributed by atoms with E-state index in [1.54, 1.807) is 0 Å². The van der Waals surface area contributed by atoms with Crippen molar-refractivity contribution in [3.63, 3.8) is 0 Å². The molecule has 0 saturated carbocycles. The molecule has 1 unspecified atom stereocenters. The van der Waals surface area contributed by atoms with Gasteiger partial charge in [0.1, 0.15) is 13.2 Å². The van der Waals surface area contributed by atoms with Crippen molar-refractivity contribution < 1.29 is 28.6 Å². The molecule has 0 aliphatic heterocycles. The minimum absolute atomic E-state index is 0.0837. The fraction of sp³-hybridized carbons (Fsp3) is 0.779. The van der Waals surface area contributed by atoms with E-state index in [2.05, 4.69) is 93.7 Å². The van der Waals surface area contributed by atoms with Gasteiger partial charge in [-0.25, -0.2) is 0 Å². The number of unbranched alkanes of at least 4 members (excludes halogenated alkanes) is 35. The lowest BCUT2D eigenvalue weighted by Gasteiger charge is -2.18. The van der Waals surface area contributed by atoms with Crippen LogP contribution in [0.5, 0.6) is 0 Å². The van der Waals surface area contributed by atoms with Crippen LogP contribution in [0, 0.1) is 0 Å². The largest absolute Gasteiger partial charge is 0.462 e. The smallest absolute Gasteiger partial charge is 0.306 e. The predicted octanol–water partition coefficient (Wildman–Crippen LogP) is 21.7. The topological polar surface area (TPSA) is 78.9 Å². The quantitative estimate of drug-likeness (QED) is 0.0261. The molecule has 1 atom stereocenters. The summed E-state index contributed by atoms with van der Waals surface area (Å²) in [6.07, 6.45) is 80.4. The van der Waals surface area contributed by atoms with Crippen LogP contribution in [0.4, 0.5) is 0 Å². The molecular weight excluding hydrogens is 913 g/mol. The van der Waals surface area contributed by atoms with E-state index < -0.39 is 6.10 Å². The number of allylic oxidation sites excluding steroid dienone is 12. The highest BCUT2D eigenvalue weighted by atomic mass is 16.6. The summed E-state index contributed by atoms with van der Waals surface area (Å²) in [6.45, 7) is 6.54. The Morgan fingerprint density at radius 3 is 0.851 bits per heavy atom. The summed E-state index contributed by atoms with van der Waals surface area (Å²) in [5.74, 6) is -0.902. The van der Waals surface area contributed by atoms with Gasteiger partial charge in [0.05, 0.1) is 0 Å². The summed E-state index contributed by atoms with van der Waals surface area (Å²) >= 11 is 0. The molecule has 74 heavy (non-hydrogen) atoms. The van der Waals surface area contributed by atoms with E-state index in [1.807, 2.05) is 0 Å². The van der Waals surface area contributed by atoms with Crippen molar-refractivity contribution in [2.24, 2.45) is 0 Å². The van der Waals surface area contributed by atoms with E-state index in [4.69, 9.17) is 14.2 Å². The monoisotopic (exact) mass is 1030 g/mol. The minimum Gasteiger partial charge on any atom is -0.462 e. The Morgan fingerprint density at radius 2 is 0.527 bits per heavy atom. The molecule has 428 valence electrons. The van der Waals surface area contributed by atoms with Gasteiger partial charge < -0.3 is 14.2 Å². The van der Waals surface area contributed by atoms with Crippen LogP contribution in [-0.4, -0.2) is 37.2 Å². The molecule has 6 nitrogen and oxygen atoms in total. The van der Waals surface area contributed by atoms with Crippen molar-refractivity contribution >= 4 is 17.9 Å². The van der Waals surface area contributed by atoms with E-state index in [1.165, 1.54) is 186 Å². The van der Waals surface area contributed by atoms with Crippen LogP contribution in [0.3, 0.4) is 0 Å². The van der Waals surface area contributed by atoms with Gasteiger partial charge in [-0.05, 0) is 89.9 Å². The lowest BCUT2D eigenvalue weighted by Crippen LogP contribution is -2.30. The number of esters is 3. The third-order valence-electron chi connectivity index (χ3n) is 13.9. The molecular formula is C68H120O6. The lowest BCUT2D eigenvalue weighted by molar-refractivity contribution is -0.167. The Kier molecular flexibility index (Phi) is 59.7. The first-order chi connectivity index (χ1) is 36.5. The SMILES string of the molecule is CC/C=C\C/C=C\C/C=C\C/C=C\C/C=C\CCCCCC(=O)OCC(COC(=O)CCCCCCCCCCCCCCCCCCCC)OC(=O)CCCCCCCCCCC/C=C\CCCCCCCC. The Hall–Kier alpha value is -3.15. The van der Waals surface area contributed by atoms with Crippen molar-refractivity contribution in [2.45, 2.75) is 329 Å². The average molecular weight is 1030 g/mol. The first-order valence-electron chi connectivity index (χ1n) is 31.9. The molecule has 6 heteroatoms. The van der Waals surface area contributed by atoms with Gasteiger partial charge in [-0.15, -0.1) is 0 Å². The predicted molar refractivity (Wildman–Crippen MR) is 321 cm³/mol. The number of ether oxygens (including phenoxy) is 3. The lowest BCUT2D eigenvalue weighted by atomic mass is 10.0. The maximum Gasteiger partial charge on any atom is 0.306 e. The summed E-state index contributed by atoms with van der Waals surface area (Å²) in [4.78, 5) is 38.3. The number of rotatable bonds is 58. The second-order valence-corrected chi connectivity index (χ2v) is 21.3. The number of carbonyl (C=O) groups excluding carboxylic acids is 3. The van der Waals surface area contributed by atoms with Crippen LogP contribution in [0.25, 0.3) is 0 Å². The fourth-order valence-corrected chi connectivity index (χ4v) is 9.17. The fourth-order valence-electron chi connectivity index (χ4n) is 9.17. The van der Waals surface area contributed by atoms with Crippen molar-refractivity contribution in [2.75, 3.05) is 13.2 Å². The molecule has 0 fully saturated rings. The van der Waals surface area contributed by atoms with Gasteiger partial charge in [-0.3, -0.25) is 14.4 Å². The minimum atomic E-state index is -0.790. The van der Waals surface area contributed by atoms with Gasteiger partial charge in [0, 0.05) is 19.3 Å². The maximum atomic E-state index is 12.9. The van der Waals surface area contributed by atoms with Gasteiger partial charge in [-0.1, -0.05) is 286 Å². The molecule has 0 aromatic rings. The first-order valence-corrected chi connectivity index (χ1v) is 31.9. The van der Waals surface area contributed by atoms with Gasteiger partial charge in [0.25, 0.3) is 0 Å². The molecule has 0 aliphatic rings. The highest BCUT2D eigenvalue weighted by Gasteiger charge is 2.19. The highest BCUT2D eigenvalue weighted by Crippen LogP contribution is 2.17. The molecule has 0 aromatic carbocycles. The Balaban J connectivity index is 4.41. The van der Waals surface area contributed by atoms with Crippen LogP contribution >= 0.6 is 0 Å². The zero-order chi connectivity index (χ0) is 53.6. The molecule has 0 aliphatic carbocycles. The van der Waals surface area contributed by atoms with E-state index in [0.29, 0.717) is 19.3 Å². The summed E-state index contributed by atoms with van der Waals surface area (Å²) in [5, 5.41) is 0. The van der Waals surface area contributed by atoms with Crippen LogP contribution in [0.2, 0.25) is 0 Å². The second-order valence-electron chi connectivity index (χ2n) is 21.3. The second kappa shape index (κ2) is 62.4. The van der Waals surface area contributed by atoms with Gasteiger partial charge in [0.15, 0.2) is 6.10 Å². The zero-order valence-electron chi connectivity index (χ0n) is 49.1. The van der Waals surface area contributed by atoms with Gasteiger partial charge in [-0.2, -0.15) is 0 Å². The van der Waals surface area contributed by atoms with Gasteiger partial charge >= 0.3 is 17.9 Å². The third kappa shape index (κ3) is 59.7. The highest BCUT2D eigenvalue weighted by molar-refractivity contribution is 5.71. The van der Waals surface area contributed by atoms with Crippen LogP contribution in [-0.2, 0) is 28.6 Å². The number of hydrogen-bond donors (Lipinski definition) is 0. The number of carbonyl (C=O) groups is 3. The molecule has 0 spiro atoms. The summed E-state index contributed by atoms with van der Waals surface area (Å²) in [5.41, 5.74) is 0. The molecule has 0 saturated heterocycles. The molecule has 0 amide bonds. The first kappa shape index (κ1) is 70.8. The normalized spacial score (nSPS) is 12.5. The van der Waals surface area contributed by atoms with Crippen molar-refractivity contribution in [1.82, 2.24) is 0 Å². The molecule has 0 rings (SSSR count). The zero-order valence-corrected chi connectivity index (χ0v) is 49.1. The van der Waals surface area contributed by atoms with Crippen LogP contribution < -0.4 is 0 Å². The maximum absolute atomic E-state index is 12.9. The Labute approximate surface area is 459 Å². The Bertz CT molecular complexity index is 1370. The van der Waals surface area contributed by atoms with Crippen molar-refractivity contribution in [1.29, 1.82) is 0 Å². The average Bonchev–Trinajstić information content (AvgIpc) is 3.40. The Morgan fingerprint density at radius 1 is 0.284 bits per heavy atom. The van der Waals surface area contributed by atoms with E-state index in [-0.39, 0.29) is 31.1 Å². The van der Waals surface area contributed by atoms with Crippen molar-refractivity contribution in [3.8, 4) is 0 Å². The number of hydrogen-bond acceptors (Lipinski definition) is 6.